The molecular formula is C16H11FN4O2. The molecule has 23 heavy (non-hydrogen) atoms. The van der Waals surface area contributed by atoms with Gasteiger partial charge in [-0.15, -0.1) is 0 Å². The number of carbonyl (C=O) groups is 1. The first-order chi connectivity index (χ1) is 11.0. The average Bonchev–Trinajstić information content (AvgIpc) is 2.87. The van der Waals surface area contributed by atoms with Crippen LogP contribution in [0.5, 0.6) is 0 Å². The summed E-state index contributed by atoms with van der Waals surface area (Å²) in [6.07, 6.45) is 3.41. The highest BCUT2D eigenvalue weighted by atomic mass is 19.1. The molecule has 7 heteroatoms. The minimum Gasteiger partial charge on any atom is -0.476 e. The van der Waals surface area contributed by atoms with Crippen LogP contribution >= 0.6 is 0 Å². The number of rotatable bonds is 1. The lowest BCUT2D eigenvalue weighted by Crippen LogP contribution is -2.06. The van der Waals surface area contributed by atoms with Crippen LogP contribution in [0, 0.1) is 12.7 Å². The monoisotopic (exact) mass is 310 g/mol. The SMILES string of the molecule is Cc1ncc2c(n1)-c1cc(F)ccc1-n1cnc(C(=O)O)c1C2. The summed E-state index contributed by atoms with van der Waals surface area (Å²) in [7, 11) is 0. The largest absolute Gasteiger partial charge is 0.476 e. The molecule has 0 fully saturated rings. The van der Waals surface area contributed by atoms with Crippen LogP contribution in [-0.2, 0) is 6.42 Å². The molecular weight excluding hydrogens is 299 g/mol. The lowest BCUT2D eigenvalue weighted by Gasteiger charge is -2.10. The Labute approximate surface area is 130 Å². The van der Waals surface area contributed by atoms with Crippen molar-refractivity contribution in [3.05, 3.63) is 59.3 Å². The Bertz CT molecular complexity index is 965. The van der Waals surface area contributed by atoms with Gasteiger partial charge in [-0.1, -0.05) is 0 Å². The Morgan fingerprint density at radius 1 is 1.35 bits per heavy atom. The van der Waals surface area contributed by atoms with E-state index in [4.69, 9.17) is 0 Å². The number of benzene rings is 1. The van der Waals surface area contributed by atoms with Crippen LogP contribution in [-0.4, -0.2) is 30.6 Å². The normalized spacial score (nSPS) is 12.1. The van der Waals surface area contributed by atoms with Crippen molar-refractivity contribution in [3.63, 3.8) is 0 Å². The van der Waals surface area contributed by atoms with E-state index in [9.17, 15) is 14.3 Å². The maximum absolute atomic E-state index is 13.8. The summed E-state index contributed by atoms with van der Waals surface area (Å²) in [6.45, 7) is 1.76. The predicted molar refractivity (Wildman–Crippen MR) is 79.1 cm³/mol. The van der Waals surface area contributed by atoms with Gasteiger partial charge in [0.2, 0.25) is 0 Å². The standard InChI is InChI=1S/C16H11FN4O2/c1-8-18-6-9-4-13-15(16(22)23)19-7-21(13)12-3-2-10(17)5-11(12)14(9)20-8/h2-3,5-7H,4H2,1H3,(H,22,23). The second-order valence-electron chi connectivity index (χ2n) is 5.34. The number of hydrogen-bond acceptors (Lipinski definition) is 4. The molecule has 4 rings (SSSR count). The zero-order valence-electron chi connectivity index (χ0n) is 12.1. The van der Waals surface area contributed by atoms with Crippen molar-refractivity contribution in [1.29, 1.82) is 0 Å². The lowest BCUT2D eigenvalue weighted by atomic mass is 10.0. The summed E-state index contributed by atoms with van der Waals surface area (Å²) < 4.78 is 15.4. The first kappa shape index (κ1) is 13.6. The molecule has 0 amide bonds. The van der Waals surface area contributed by atoms with Crippen LogP contribution < -0.4 is 0 Å². The maximum atomic E-state index is 13.8. The Kier molecular flexibility index (Phi) is 2.77. The molecule has 0 saturated carbocycles. The van der Waals surface area contributed by atoms with Gasteiger partial charge in [-0.3, -0.25) is 0 Å². The van der Waals surface area contributed by atoms with Gasteiger partial charge in [-0.05, 0) is 25.1 Å². The molecule has 0 saturated heterocycles. The van der Waals surface area contributed by atoms with E-state index in [0.29, 0.717) is 34.9 Å². The van der Waals surface area contributed by atoms with Crippen LogP contribution in [0.15, 0.2) is 30.7 Å². The van der Waals surface area contributed by atoms with Crippen molar-refractivity contribution in [2.24, 2.45) is 0 Å². The van der Waals surface area contributed by atoms with Gasteiger partial charge in [-0.2, -0.15) is 0 Å². The number of carboxylic acids is 1. The first-order valence-corrected chi connectivity index (χ1v) is 6.97. The van der Waals surface area contributed by atoms with E-state index in [0.717, 1.165) is 5.56 Å². The third-order valence-electron chi connectivity index (χ3n) is 3.89. The fourth-order valence-corrected chi connectivity index (χ4v) is 2.87. The summed E-state index contributed by atoms with van der Waals surface area (Å²) in [5.74, 6) is -0.908. The number of halogens is 1. The smallest absolute Gasteiger partial charge is 0.356 e. The molecule has 0 unspecified atom stereocenters. The number of aryl methyl sites for hydroxylation is 1. The highest BCUT2D eigenvalue weighted by molar-refractivity contribution is 5.88. The minimum absolute atomic E-state index is 0.0197. The molecule has 0 radical (unpaired) electrons. The van der Waals surface area contributed by atoms with Crippen LogP contribution in [0.25, 0.3) is 16.9 Å². The third-order valence-corrected chi connectivity index (χ3v) is 3.89. The van der Waals surface area contributed by atoms with Crippen LogP contribution in [0.3, 0.4) is 0 Å². The fraction of sp³-hybridized carbons (Fsp3) is 0.125. The number of nitrogens with zero attached hydrogens (tertiary/aromatic N) is 4. The van der Waals surface area contributed by atoms with Crippen molar-refractivity contribution in [2.45, 2.75) is 13.3 Å². The first-order valence-electron chi connectivity index (χ1n) is 6.97. The average molecular weight is 310 g/mol. The van der Waals surface area contributed by atoms with Crippen LogP contribution in [0.4, 0.5) is 4.39 Å². The van der Waals surface area contributed by atoms with E-state index in [1.807, 2.05) is 0 Å². The molecule has 1 aromatic carbocycles. The van der Waals surface area contributed by atoms with E-state index < -0.39 is 5.97 Å². The van der Waals surface area contributed by atoms with Gasteiger partial charge in [0.1, 0.15) is 18.0 Å². The van der Waals surface area contributed by atoms with E-state index >= 15 is 0 Å². The fourth-order valence-electron chi connectivity index (χ4n) is 2.87. The van der Waals surface area contributed by atoms with E-state index in [-0.39, 0.29) is 11.5 Å². The topological polar surface area (TPSA) is 80.9 Å². The summed E-state index contributed by atoms with van der Waals surface area (Å²) >= 11 is 0. The van der Waals surface area contributed by atoms with Crippen molar-refractivity contribution in [3.8, 4) is 16.9 Å². The highest BCUT2D eigenvalue weighted by Gasteiger charge is 2.26. The summed E-state index contributed by atoms with van der Waals surface area (Å²) in [5.41, 5.74) is 3.11. The Morgan fingerprint density at radius 2 is 2.17 bits per heavy atom. The molecule has 1 aliphatic heterocycles. The summed E-state index contributed by atoms with van der Waals surface area (Å²) in [5, 5.41) is 9.34. The van der Waals surface area contributed by atoms with E-state index in [1.54, 1.807) is 23.8 Å². The molecule has 0 atom stereocenters. The van der Waals surface area contributed by atoms with Gasteiger partial charge >= 0.3 is 5.97 Å². The Balaban J connectivity index is 2.10. The second kappa shape index (κ2) is 4.70. The molecule has 0 spiro atoms. The summed E-state index contributed by atoms with van der Waals surface area (Å²) in [4.78, 5) is 24.0. The number of imidazole rings is 1. The zero-order chi connectivity index (χ0) is 16.1. The second-order valence-corrected chi connectivity index (χ2v) is 5.34. The summed E-state index contributed by atoms with van der Waals surface area (Å²) in [6, 6.07) is 4.34. The number of hydrogen-bond donors (Lipinski definition) is 1. The van der Waals surface area contributed by atoms with Gasteiger partial charge in [0.05, 0.1) is 17.1 Å². The van der Waals surface area contributed by atoms with E-state index in [1.165, 1.54) is 18.5 Å². The van der Waals surface area contributed by atoms with Gasteiger partial charge in [0.25, 0.3) is 0 Å². The number of carboxylic acid groups (broad SMARTS) is 1. The lowest BCUT2D eigenvalue weighted by molar-refractivity contribution is 0.0690. The molecule has 3 heterocycles. The Hall–Kier alpha value is -3.09. The van der Waals surface area contributed by atoms with Gasteiger partial charge in [0.15, 0.2) is 5.69 Å². The number of fused-ring (bicyclic) bond motifs is 5. The molecule has 1 aliphatic rings. The van der Waals surface area contributed by atoms with Crippen LogP contribution in [0.2, 0.25) is 0 Å². The minimum atomic E-state index is -1.10. The quantitative estimate of drug-likeness (QED) is 0.584. The van der Waals surface area contributed by atoms with Crippen molar-refractivity contribution >= 4 is 5.97 Å². The number of aromatic carboxylic acids is 1. The molecule has 0 bridgehead atoms. The molecule has 0 aliphatic carbocycles. The highest BCUT2D eigenvalue weighted by Crippen LogP contribution is 2.35. The van der Waals surface area contributed by atoms with Gasteiger partial charge in [0, 0.05) is 23.7 Å². The van der Waals surface area contributed by atoms with Gasteiger partial charge in [-0.25, -0.2) is 24.1 Å². The molecule has 1 N–H and O–H groups in total. The maximum Gasteiger partial charge on any atom is 0.356 e. The predicted octanol–water partition coefficient (Wildman–Crippen LogP) is 2.38. The Morgan fingerprint density at radius 3 is 2.96 bits per heavy atom. The molecule has 114 valence electrons. The van der Waals surface area contributed by atoms with E-state index in [2.05, 4.69) is 15.0 Å². The zero-order valence-corrected chi connectivity index (χ0v) is 12.1. The number of aromatic nitrogens is 4. The molecule has 2 aromatic heterocycles. The van der Waals surface area contributed by atoms with Crippen LogP contribution in [0.1, 0.15) is 27.6 Å². The van der Waals surface area contributed by atoms with Crippen molar-refractivity contribution in [2.75, 3.05) is 0 Å². The van der Waals surface area contributed by atoms with Crippen molar-refractivity contribution in [1.82, 2.24) is 19.5 Å². The van der Waals surface area contributed by atoms with Crippen molar-refractivity contribution < 1.29 is 14.3 Å². The van der Waals surface area contributed by atoms with Gasteiger partial charge < -0.3 is 9.67 Å². The third kappa shape index (κ3) is 2.01. The molecule has 3 aromatic rings. The molecule has 6 nitrogen and oxygen atoms in total.